The van der Waals surface area contributed by atoms with Crippen LogP contribution < -0.4 is 41.7 Å². The fourth-order valence-electron chi connectivity index (χ4n) is 14.0. The molecule has 0 amide bonds. The first-order valence-electron chi connectivity index (χ1n) is 39.3. The second-order valence-corrected chi connectivity index (χ2v) is 35.1. The molecule has 0 atom stereocenters. The van der Waals surface area contributed by atoms with Gasteiger partial charge >= 0.3 is 14.2 Å². The van der Waals surface area contributed by atoms with Crippen LogP contribution in [0.5, 0.6) is 0 Å². The van der Waals surface area contributed by atoms with Crippen LogP contribution in [0.2, 0.25) is 30.1 Å². The first kappa shape index (κ1) is 102. The summed E-state index contributed by atoms with van der Waals surface area (Å²) < 4.78 is 13.8. The summed E-state index contributed by atoms with van der Waals surface area (Å²) in [6.07, 6.45) is 11.2. The number of halogens is 8. The minimum absolute atomic E-state index is 0. The second kappa shape index (κ2) is 46.0. The smallest absolute Gasteiger partial charge is 0.423 e. The average Bonchev–Trinajstić information content (AvgIpc) is 1.71. The second-order valence-electron chi connectivity index (χ2n) is 30.6. The average molecular weight is 1940 g/mol. The van der Waals surface area contributed by atoms with Crippen molar-refractivity contribution in [1.82, 2.24) is 60.7 Å². The van der Waals surface area contributed by atoms with Crippen LogP contribution >= 0.6 is 101 Å². The Bertz CT molecular complexity index is 5910. The summed E-state index contributed by atoms with van der Waals surface area (Å²) in [7, 11) is -1.76. The zero-order valence-corrected chi connectivity index (χ0v) is 79.8. The number of hydrogen-bond donors (Lipinski definition) is 7. The van der Waals surface area contributed by atoms with E-state index in [-0.39, 0.29) is 49.1 Å². The van der Waals surface area contributed by atoms with Crippen molar-refractivity contribution in [3.8, 4) is 123 Å². The van der Waals surface area contributed by atoms with Gasteiger partial charge in [-0.25, -0.2) is 0 Å². The molecule has 17 N–H and O–H groups in total. The molecule has 15 nitrogen and oxygen atoms in total. The molecule has 648 valence electrons. The van der Waals surface area contributed by atoms with E-state index in [2.05, 4.69) is 275 Å². The van der Waals surface area contributed by atoms with E-state index in [1.54, 1.807) is 24.5 Å². The molecule has 10 aromatic carbocycles. The number of nitrogens with zero attached hydrogens (tertiary/aromatic N) is 6. The third kappa shape index (κ3) is 26.2. The lowest BCUT2D eigenvalue weighted by Gasteiger charge is -2.32. The van der Waals surface area contributed by atoms with Gasteiger partial charge < -0.3 is 50.1 Å². The minimum Gasteiger partial charge on any atom is -0.423 e. The first-order chi connectivity index (χ1) is 58.5. The van der Waals surface area contributed by atoms with E-state index < -0.39 is 7.12 Å². The van der Waals surface area contributed by atoms with Crippen molar-refractivity contribution in [2.45, 2.75) is 80.4 Å². The van der Waals surface area contributed by atoms with Gasteiger partial charge in [-0.05, 0) is 340 Å². The molecule has 7 heterocycles. The lowest BCUT2D eigenvalue weighted by Crippen LogP contribution is -2.41. The van der Waals surface area contributed by atoms with Gasteiger partial charge in [0.2, 0.25) is 0 Å². The van der Waals surface area contributed by atoms with E-state index in [4.69, 9.17) is 98.9 Å². The molecule has 0 radical (unpaired) electrons. The van der Waals surface area contributed by atoms with Crippen molar-refractivity contribution >= 4 is 127 Å². The van der Waals surface area contributed by atoms with Crippen LogP contribution in [-0.4, -0.2) is 65.4 Å². The van der Waals surface area contributed by atoms with Crippen molar-refractivity contribution in [3.63, 3.8) is 0 Å². The van der Waals surface area contributed by atoms with E-state index in [9.17, 15) is 0 Å². The summed E-state index contributed by atoms with van der Waals surface area (Å²) in [6, 6.07) is 94.0. The highest BCUT2D eigenvalue weighted by atomic mass is 79.9. The Hall–Kier alpha value is -10.4. The molecule has 0 spiro atoms. The van der Waals surface area contributed by atoms with E-state index in [1.807, 2.05) is 119 Å². The van der Waals surface area contributed by atoms with Crippen molar-refractivity contribution in [3.05, 3.63) is 389 Å². The molecule has 127 heavy (non-hydrogen) atoms. The Labute approximate surface area is 792 Å². The lowest BCUT2D eigenvalue weighted by molar-refractivity contribution is 0.00578. The third-order valence-electron chi connectivity index (χ3n) is 20.9. The molecule has 1 fully saturated rings. The Kier molecular flexibility index (Phi) is 36.9. The maximum Gasteiger partial charge on any atom is 0.494 e. The highest BCUT2D eigenvalue weighted by molar-refractivity contribution is 9.10. The third-order valence-corrected chi connectivity index (χ3v) is 23.1. The molecule has 0 aliphatic carbocycles. The van der Waals surface area contributed by atoms with E-state index in [1.165, 1.54) is 62.7 Å². The van der Waals surface area contributed by atoms with Crippen LogP contribution in [0.3, 0.4) is 0 Å². The predicted molar refractivity (Wildman–Crippen MR) is 543 cm³/mol. The van der Waals surface area contributed by atoms with Gasteiger partial charge in [-0.2, -0.15) is 0 Å². The Morgan fingerprint density at radius 2 is 0.465 bits per heavy atom. The normalized spacial score (nSPS) is 11.8. The van der Waals surface area contributed by atoms with E-state index in [0.717, 1.165) is 126 Å². The summed E-state index contributed by atoms with van der Waals surface area (Å²) in [4.78, 5) is 28.3. The van der Waals surface area contributed by atoms with Crippen LogP contribution in [0, 0.1) is 41.5 Å². The maximum absolute atomic E-state index is 8.71. The highest BCUT2D eigenvalue weighted by Crippen LogP contribution is 2.41. The standard InChI is InChI=1S/C48H36N2.C24H16Cl4N2.C12H17BO2.C12H10Br2N2.C6H5BCl2O2.5H3N/c1-33-23-45(43-27-39(35-15-7-3-8-16-35)25-40(28-43)36-17-9-4-10-18-36)31-49-47(33)48-34(2)24-46(32-50-48)44-29-41(37-19-11-5-12-20-37)26-42(30-44)38-21-13-6-14-22-38;1-13-3-17(15-5-19(25)9-20(26)6-15)11-29-23(13)24-14(2)4-18(12-30-24)16-7-21(27)10-22(28)8-16;1-11(2)12(3,4)15-13(14-11)10-8-6-5-7-9-10;1-7-3-9(13)5-15-11(7)12-8(2)4-10(14)6-16-12;8-5-1-4(7(10)11)2-6(9)3-5;;;;;/h3-32H,1-2H3;3-12H,1-2H3;5-9H,1-4H3;3-6H,1-2H3;1-3,10-11H;5*1H3. The zero-order valence-electron chi connectivity index (χ0n) is 72.1. The van der Waals surface area contributed by atoms with Crippen molar-refractivity contribution in [1.29, 1.82) is 0 Å². The topological polar surface area (TPSA) is 311 Å². The van der Waals surface area contributed by atoms with Crippen LogP contribution in [0.25, 0.3) is 123 Å². The summed E-state index contributed by atoms with van der Waals surface area (Å²) in [5.74, 6) is 0. The quantitative estimate of drug-likeness (QED) is 0.0528. The molecule has 0 unspecified atom stereocenters. The van der Waals surface area contributed by atoms with Gasteiger partial charge in [-0.15, -0.1) is 0 Å². The Balaban J connectivity index is 0.000000219. The minimum atomic E-state index is -1.52. The number of aryl methyl sites for hydroxylation is 6. The lowest BCUT2D eigenvalue weighted by atomic mass is 9.79. The molecule has 1 aliphatic heterocycles. The summed E-state index contributed by atoms with van der Waals surface area (Å²) >= 11 is 42.6. The number of benzene rings is 10. The van der Waals surface area contributed by atoms with Gasteiger partial charge in [0, 0.05) is 98.5 Å². The summed E-state index contributed by atoms with van der Waals surface area (Å²) in [6.45, 7) is 20.6. The molecular weight excluding hydrogens is 1840 g/mol. The van der Waals surface area contributed by atoms with Crippen LogP contribution in [-0.2, 0) is 9.31 Å². The molecule has 1 aliphatic rings. The van der Waals surface area contributed by atoms with Gasteiger partial charge in [0.25, 0.3) is 0 Å². The first-order valence-corrected chi connectivity index (χ1v) is 43.1. The fourth-order valence-corrected chi connectivity index (χ4v) is 16.5. The highest BCUT2D eigenvalue weighted by Gasteiger charge is 2.51. The molecule has 17 rings (SSSR count). The largest absolute Gasteiger partial charge is 0.494 e. The van der Waals surface area contributed by atoms with Gasteiger partial charge in [-0.1, -0.05) is 221 Å². The summed E-state index contributed by atoms with van der Waals surface area (Å²) in [5.41, 5.74) is 30.4. The molecule has 16 aromatic rings. The zero-order chi connectivity index (χ0) is 86.5. The van der Waals surface area contributed by atoms with Gasteiger partial charge in [0.05, 0.1) is 45.4 Å². The molecule has 25 heteroatoms. The van der Waals surface area contributed by atoms with Gasteiger partial charge in [0.1, 0.15) is 0 Å². The number of aromatic nitrogens is 6. The number of hydrogen-bond acceptors (Lipinski definition) is 15. The van der Waals surface area contributed by atoms with Crippen LogP contribution in [0.4, 0.5) is 0 Å². The molecule has 6 aromatic heterocycles. The molecule has 0 saturated carbocycles. The van der Waals surface area contributed by atoms with Crippen LogP contribution in [0.1, 0.15) is 61.1 Å². The molecular formula is C102H99B2Br2Cl6N11O4. The fraction of sp³-hybridized carbons (Fsp3) is 0.118. The van der Waals surface area contributed by atoms with Gasteiger partial charge in [-0.3, -0.25) is 29.9 Å². The Morgan fingerprint density at radius 3 is 0.693 bits per heavy atom. The Morgan fingerprint density at radius 1 is 0.260 bits per heavy atom. The van der Waals surface area contributed by atoms with E-state index in [0.29, 0.717) is 35.6 Å². The SMILES string of the molecule is CC1(C)OB(c2ccccc2)OC1(C)C.Cc1cc(-c2cc(-c3ccccc3)cc(-c3ccccc3)c2)cnc1-c1ncc(-c2cc(-c3ccccc3)cc(-c3ccccc3)c2)cc1C.Cc1cc(-c2cc(Cl)cc(Cl)c2)cnc1-c1ncc(-c2cc(Cl)cc(Cl)c2)cc1C.Cc1cc(Br)cnc1-c1ncc(Br)cc1C.N.N.N.N.N.OB(O)c1cc(Cl)cc(Cl)c1. The molecule has 0 bridgehead atoms. The van der Waals surface area contributed by atoms with Crippen molar-refractivity contribution in [2.24, 2.45) is 0 Å². The van der Waals surface area contributed by atoms with Gasteiger partial charge in [0.15, 0.2) is 0 Å². The molecule has 1 saturated heterocycles. The van der Waals surface area contributed by atoms with Crippen molar-refractivity contribution < 1.29 is 19.4 Å². The number of rotatable bonds is 13. The van der Waals surface area contributed by atoms with Crippen LogP contribution in [0.15, 0.2) is 325 Å². The van der Waals surface area contributed by atoms with E-state index >= 15 is 0 Å². The number of pyridine rings is 6. The monoisotopic (exact) mass is 1930 g/mol. The van der Waals surface area contributed by atoms with Crippen molar-refractivity contribution in [2.75, 3.05) is 0 Å². The maximum atomic E-state index is 8.71. The predicted octanol–water partition coefficient (Wildman–Crippen LogP) is 29.2. The summed E-state index contributed by atoms with van der Waals surface area (Å²) in [5, 5.41) is 20.6.